The van der Waals surface area contributed by atoms with Crippen LogP contribution in [0.3, 0.4) is 0 Å². The van der Waals surface area contributed by atoms with Crippen molar-refractivity contribution < 1.29 is 13.2 Å². The molecule has 0 fully saturated rings. The summed E-state index contributed by atoms with van der Waals surface area (Å²) in [6.45, 7) is 3.11. The van der Waals surface area contributed by atoms with Gasteiger partial charge in [0.25, 0.3) is 0 Å². The molecule has 1 aromatic rings. The Morgan fingerprint density at radius 2 is 2.00 bits per heavy atom. The highest BCUT2D eigenvalue weighted by Gasteiger charge is 2.31. The molecule has 0 atom stereocenters. The van der Waals surface area contributed by atoms with E-state index in [1.165, 1.54) is 11.2 Å². The maximum Gasteiger partial charge on any atom is 0.405 e. The summed E-state index contributed by atoms with van der Waals surface area (Å²) in [5, 5.41) is 0.449. The van der Waals surface area contributed by atoms with E-state index in [0.29, 0.717) is 11.1 Å². The third-order valence-electron chi connectivity index (χ3n) is 2.31. The lowest BCUT2D eigenvalue weighted by Gasteiger charge is -2.24. The lowest BCUT2D eigenvalue weighted by atomic mass is 10.1. The second-order valence-corrected chi connectivity index (χ2v) is 4.97. The quantitative estimate of drug-likeness (QED) is 0.777. The summed E-state index contributed by atoms with van der Waals surface area (Å²) in [4.78, 5) is 9.16. The fraction of sp³-hybridized carbons (Fsp3) is 0.636. The van der Waals surface area contributed by atoms with Gasteiger partial charge in [0, 0.05) is 23.6 Å². The lowest BCUT2D eigenvalue weighted by Crippen LogP contribution is -2.36. The van der Waals surface area contributed by atoms with Gasteiger partial charge in [0.15, 0.2) is 0 Å². The molecular formula is C11H15BrF3N3. The smallest absolute Gasteiger partial charge is 0.347 e. The van der Waals surface area contributed by atoms with Crippen LogP contribution < -0.4 is 4.90 Å². The van der Waals surface area contributed by atoms with E-state index < -0.39 is 12.7 Å². The molecule has 7 heteroatoms. The van der Waals surface area contributed by atoms with E-state index in [1.807, 2.05) is 13.8 Å². The number of aromatic nitrogens is 2. The molecule has 1 aromatic heterocycles. The predicted octanol–water partition coefficient (Wildman–Crippen LogP) is 3.36. The Kier molecular flexibility index (Phi) is 5.37. The van der Waals surface area contributed by atoms with Gasteiger partial charge in [-0.25, -0.2) is 9.97 Å². The van der Waals surface area contributed by atoms with Crippen LogP contribution in [0.5, 0.6) is 0 Å². The van der Waals surface area contributed by atoms with Crippen LogP contribution in [-0.4, -0.2) is 34.6 Å². The molecule has 0 saturated heterocycles. The van der Waals surface area contributed by atoms with Gasteiger partial charge in [0.05, 0.1) is 0 Å². The molecule has 0 aromatic carbocycles. The number of hydrogen-bond donors (Lipinski definition) is 0. The van der Waals surface area contributed by atoms with Gasteiger partial charge in [-0.2, -0.15) is 13.2 Å². The number of nitrogens with zero attached hydrogens (tertiary/aromatic N) is 3. The molecule has 0 N–H and O–H groups in total. The zero-order chi connectivity index (χ0) is 13.8. The molecule has 0 amide bonds. The maximum absolute atomic E-state index is 12.5. The largest absolute Gasteiger partial charge is 0.405 e. The average Bonchev–Trinajstić information content (AvgIpc) is 2.27. The molecule has 0 aliphatic rings. The monoisotopic (exact) mass is 325 g/mol. The van der Waals surface area contributed by atoms with Gasteiger partial charge in [-0.1, -0.05) is 29.8 Å². The second kappa shape index (κ2) is 6.36. The Balaban J connectivity index is 2.94. The van der Waals surface area contributed by atoms with Crippen LogP contribution in [0.2, 0.25) is 0 Å². The molecule has 1 heterocycles. The average molecular weight is 326 g/mol. The molecule has 0 bridgehead atoms. The van der Waals surface area contributed by atoms with Crippen molar-refractivity contribution in [3.63, 3.8) is 0 Å². The molecular weight excluding hydrogens is 311 g/mol. The molecule has 3 nitrogen and oxygen atoms in total. The molecule has 0 radical (unpaired) electrons. The number of halogens is 4. The molecule has 0 aliphatic heterocycles. The van der Waals surface area contributed by atoms with Gasteiger partial charge in [0.2, 0.25) is 0 Å². The molecule has 102 valence electrons. The Labute approximate surface area is 113 Å². The molecule has 0 saturated carbocycles. The van der Waals surface area contributed by atoms with Crippen molar-refractivity contribution in [3.8, 4) is 0 Å². The Hall–Kier alpha value is -0.850. The number of hydrogen-bond acceptors (Lipinski definition) is 3. The number of alkyl halides is 4. The van der Waals surface area contributed by atoms with Crippen molar-refractivity contribution in [2.24, 2.45) is 0 Å². The summed E-state index contributed by atoms with van der Waals surface area (Å²) >= 11 is 3.15. The fourth-order valence-corrected chi connectivity index (χ4v) is 1.87. The lowest BCUT2D eigenvalue weighted by molar-refractivity contribution is -0.119. The normalized spacial score (nSPS) is 11.9. The minimum absolute atomic E-state index is 0.156. The van der Waals surface area contributed by atoms with Gasteiger partial charge in [-0.15, -0.1) is 0 Å². The highest BCUT2D eigenvalue weighted by Crippen LogP contribution is 2.22. The third-order valence-corrected chi connectivity index (χ3v) is 2.67. The van der Waals surface area contributed by atoms with Gasteiger partial charge in [-0.3, -0.25) is 0 Å². The topological polar surface area (TPSA) is 29.0 Å². The zero-order valence-electron chi connectivity index (χ0n) is 10.2. The van der Waals surface area contributed by atoms with E-state index in [0.717, 1.165) is 5.69 Å². The van der Waals surface area contributed by atoms with E-state index in [-0.39, 0.29) is 12.5 Å². The van der Waals surface area contributed by atoms with E-state index >= 15 is 0 Å². The van der Waals surface area contributed by atoms with Crippen molar-refractivity contribution in [1.82, 2.24) is 9.97 Å². The highest BCUT2D eigenvalue weighted by molar-refractivity contribution is 9.09. The minimum Gasteiger partial charge on any atom is -0.347 e. The minimum atomic E-state index is -4.24. The van der Waals surface area contributed by atoms with Crippen LogP contribution in [0.15, 0.2) is 12.4 Å². The molecule has 0 spiro atoms. The molecule has 0 unspecified atom stereocenters. The first kappa shape index (κ1) is 15.2. The Morgan fingerprint density at radius 1 is 1.33 bits per heavy atom. The van der Waals surface area contributed by atoms with Crippen molar-refractivity contribution >= 4 is 21.7 Å². The van der Waals surface area contributed by atoms with Crippen LogP contribution in [0.1, 0.15) is 25.5 Å². The summed E-state index contributed by atoms with van der Waals surface area (Å²) in [6.07, 6.45) is -2.94. The van der Waals surface area contributed by atoms with Crippen molar-refractivity contribution in [2.75, 3.05) is 23.3 Å². The first-order chi connectivity index (χ1) is 8.33. The number of rotatable bonds is 5. The summed E-state index contributed by atoms with van der Waals surface area (Å²) in [5.41, 5.74) is 0.738. The highest BCUT2D eigenvalue weighted by atomic mass is 79.9. The SMILES string of the molecule is CC(C)c1cc(N(CCBr)CC(F)(F)F)ncn1. The van der Waals surface area contributed by atoms with Crippen LogP contribution in [0.25, 0.3) is 0 Å². The van der Waals surface area contributed by atoms with E-state index in [2.05, 4.69) is 25.9 Å². The van der Waals surface area contributed by atoms with Crippen LogP contribution >= 0.6 is 15.9 Å². The van der Waals surface area contributed by atoms with Gasteiger partial charge >= 0.3 is 6.18 Å². The van der Waals surface area contributed by atoms with E-state index in [4.69, 9.17) is 0 Å². The third kappa shape index (κ3) is 4.80. The standard InChI is InChI=1S/C11H15BrF3N3/c1-8(2)9-5-10(17-7-16-9)18(4-3-12)6-11(13,14)15/h5,7-8H,3-4,6H2,1-2H3. The van der Waals surface area contributed by atoms with Gasteiger partial charge in [0.1, 0.15) is 18.7 Å². The first-order valence-electron chi connectivity index (χ1n) is 5.53. The van der Waals surface area contributed by atoms with Crippen molar-refractivity contribution in [1.29, 1.82) is 0 Å². The van der Waals surface area contributed by atoms with Crippen LogP contribution in [0, 0.1) is 0 Å². The van der Waals surface area contributed by atoms with E-state index in [1.54, 1.807) is 6.07 Å². The molecule has 18 heavy (non-hydrogen) atoms. The summed E-state index contributed by atoms with van der Waals surface area (Å²) in [5.74, 6) is 0.467. The van der Waals surface area contributed by atoms with Crippen LogP contribution in [-0.2, 0) is 0 Å². The second-order valence-electron chi connectivity index (χ2n) is 4.18. The summed E-state index contributed by atoms with van der Waals surface area (Å²) < 4.78 is 37.4. The number of anilines is 1. The molecule has 1 rings (SSSR count). The van der Waals surface area contributed by atoms with Gasteiger partial charge < -0.3 is 4.90 Å². The fourth-order valence-electron chi connectivity index (χ4n) is 1.44. The van der Waals surface area contributed by atoms with Gasteiger partial charge in [-0.05, 0) is 5.92 Å². The zero-order valence-corrected chi connectivity index (χ0v) is 11.8. The van der Waals surface area contributed by atoms with Crippen molar-refractivity contribution in [3.05, 3.63) is 18.1 Å². The summed E-state index contributed by atoms with van der Waals surface area (Å²) in [6, 6.07) is 1.61. The summed E-state index contributed by atoms with van der Waals surface area (Å²) in [7, 11) is 0. The molecule has 0 aliphatic carbocycles. The first-order valence-corrected chi connectivity index (χ1v) is 6.65. The van der Waals surface area contributed by atoms with Crippen molar-refractivity contribution in [2.45, 2.75) is 25.9 Å². The van der Waals surface area contributed by atoms with E-state index in [9.17, 15) is 13.2 Å². The Bertz CT molecular complexity index is 382. The maximum atomic E-state index is 12.5. The Morgan fingerprint density at radius 3 is 2.50 bits per heavy atom. The predicted molar refractivity (Wildman–Crippen MR) is 68.2 cm³/mol. The van der Waals surface area contributed by atoms with Crippen LogP contribution in [0.4, 0.5) is 19.0 Å².